The number of amides is 1. The minimum absolute atomic E-state index is 0.00704. The van der Waals surface area contributed by atoms with Crippen molar-refractivity contribution in [1.29, 1.82) is 0 Å². The third-order valence-corrected chi connectivity index (χ3v) is 9.00. The number of carbonyl (C=O) groups excluding carboxylic acids is 2. The van der Waals surface area contributed by atoms with Crippen LogP contribution in [0.1, 0.15) is 145 Å². The monoisotopic (exact) mass is 689 g/mol. The first kappa shape index (κ1) is 53.4. The number of rotatable bonds is 13. The zero-order chi connectivity index (χ0) is 37.5. The summed E-state index contributed by atoms with van der Waals surface area (Å²) in [6.45, 7) is 38.2. The predicted molar refractivity (Wildman–Crippen MR) is 195 cm³/mol. The Morgan fingerprint density at radius 2 is 0.778 bits per heavy atom. The zero-order valence-electron chi connectivity index (χ0n) is 32.7. The van der Waals surface area contributed by atoms with Crippen LogP contribution in [0.25, 0.3) is 0 Å². The second-order valence-electron chi connectivity index (χ2n) is 14.2. The van der Waals surface area contributed by atoms with Gasteiger partial charge >= 0.3 is 0 Å². The Hall–Kier alpha value is -1.08. The largest absolute Gasteiger partial charge is 0.354 e. The van der Waals surface area contributed by atoms with Crippen LogP contribution in [0.2, 0.25) is 0 Å². The van der Waals surface area contributed by atoms with Crippen molar-refractivity contribution in [2.24, 2.45) is 17.8 Å². The lowest BCUT2D eigenvalue weighted by Crippen LogP contribution is -2.35. The fourth-order valence-corrected chi connectivity index (χ4v) is 4.54. The van der Waals surface area contributed by atoms with Gasteiger partial charge in [-0.2, -0.15) is 0 Å². The molecule has 0 aromatic carbocycles. The highest BCUT2D eigenvalue weighted by molar-refractivity contribution is 7.90. The van der Waals surface area contributed by atoms with Gasteiger partial charge in [0, 0.05) is 48.5 Å². The Balaban J connectivity index is -0.000000149. The molecule has 0 saturated carbocycles. The number of ketones is 1. The van der Waals surface area contributed by atoms with Gasteiger partial charge in [-0.1, -0.05) is 69.2 Å². The van der Waals surface area contributed by atoms with Crippen molar-refractivity contribution in [2.45, 2.75) is 186 Å². The van der Waals surface area contributed by atoms with Crippen molar-refractivity contribution in [2.75, 3.05) is 0 Å². The lowest BCUT2D eigenvalue weighted by atomic mass is 9.99. The van der Waals surface area contributed by atoms with E-state index in [2.05, 4.69) is 61.6 Å². The molecule has 0 heterocycles. The summed E-state index contributed by atoms with van der Waals surface area (Å²) < 4.78 is 49.1. The summed E-state index contributed by atoms with van der Waals surface area (Å²) in [6, 6.07) is 1.50. The molecule has 276 valence electrons. The summed E-state index contributed by atoms with van der Waals surface area (Å²) in [6.07, 6.45) is 0.734. The maximum atomic E-state index is 11.0. The van der Waals surface area contributed by atoms with Gasteiger partial charge in [0.2, 0.25) is 26.0 Å². The highest BCUT2D eigenvalue weighted by Gasteiger charge is 2.16. The SMILES string of the molecule is CC(C)CC(=O)C(C)C.CC(C)NC(=O)C(C)C.CC(C)NC(C)C.CC(C)NS(=O)(=O)C(C)C.CC(C)NS(=O)(=O)C(C)C. The molecular weight excluding hydrogens is 613 g/mol. The molecule has 0 saturated heterocycles. The third kappa shape index (κ3) is 42.9. The van der Waals surface area contributed by atoms with Crippen LogP contribution in [-0.2, 0) is 29.6 Å². The lowest BCUT2D eigenvalue weighted by Gasteiger charge is -2.11. The predicted octanol–water partition coefficient (Wildman–Crippen LogP) is 6.26. The van der Waals surface area contributed by atoms with Gasteiger partial charge in [-0.05, 0) is 75.2 Å². The number of carbonyl (C=O) groups is 2. The van der Waals surface area contributed by atoms with Gasteiger partial charge in [-0.15, -0.1) is 0 Å². The minimum Gasteiger partial charge on any atom is -0.354 e. The van der Waals surface area contributed by atoms with E-state index in [0.717, 1.165) is 6.42 Å². The highest BCUT2D eigenvalue weighted by atomic mass is 32.2. The minimum atomic E-state index is -3.05. The fourth-order valence-electron chi connectivity index (χ4n) is 2.69. The van der Waals surface area contributed by atoms with E-state index in [0.29, 0.717) is 23.8 Å². The number of hydrogen-bond donors (Lipinski definition) is 4. The molecule has 0 rings (SSSR count). The van der Waals surface area contributed by atoms with Crippen molar-refractivity contribution in [3.63, 3.8) is 0 Å². The molecule has 12 heteroatoms. The average Bonchev–Trinajstić information content (AvgIpc) is 2.77. The van der Waals surface area contributed by atoms with Crippen LogP contribution in [0.4, 0.5) is 0 Å². The first-order chi connectivity index (χ1) is 19.9. The Labute approximate surface area is 280 Å². The van der Waals surface area contributed by atoms with Crippen LogP contribution in [-0.4, -0.2) is 69.2 Å². The molecule has 0 unspecified atom stereocenters. The molecule has 4 N–H and O–H groups in total. The molecule has 0 radical (unpaired) electrons. The van der Waals surface area contributed by atoms with Crippen molar-refractivity contribution in [3.8, 4) is 0 Å². The standard InChI is InChI=1S/C8H16O.C7H15NO.2C6H15NO2S.C6H15N/c1-6(2)5-8(9)7(3)4;1-5(2)7(9)8-6(3)4;2*1-5(2)7-10(8,9)6(3)4;1-5(2)7-6(3)4/h6-7H,5H2,1-4H3;5-6H,1-4H3,(H,8,9);2*5-7H,1-4H3;5-7H,1-4H3. The Kier molecular flexibility index (Phi) is 33.2. The lowest BCUT2D eigenvalue weighted by molar-refractivity contribution is -0.124. The summed E-state index contributed by atoms with van der Waals surface area (Å²) >= 11 is 0. The fraction of sp³-hybridized carbons (Fsp3) is 0.939. The highest BCUT2D eigenvalue weighted by Crippen LogP contribution is 2.06. The maximum Gasteiger partial charge on any atom is 0.222 e. The van der Waals surface area contributed by atoms with Crippen LogP contribution < -0.4 is 20.1 Å². The molecule has 0 aliphatic rings. The molecule has 0 fully saturated rings. The molecule has 0 aromatic rings. The van der Waals surface area contributed by atoms with Crippen LogP contribution in [0.5, 0.6) is 0 Å². The number of nitrogens with one attached hydrogen (secondary N) is 4. The molecule has 0 aliphatic carbocycles. The van der Waals surface area contributed by atoms with E-state index in [1.54, 1.807) is 55.4 Å². The van der Waals surface area contributed by atoms with Crippen molar-refractivity contribution in [3.05, 3.63) is 0 Å². The molecule has 0 aromatic heterocycles. The normalized spacial score (nSPS) is 11.8. The molecule has 0 aliphatic heterocycles. The van der Waals surface area contributed by atoms with Crippen LogP contribution in [0.15, 0.2) is 0 Å². The third-order valence-electron chi connectivity index (χ3n) is 4.92. The van der Waals surface area contributed by atoms with Crippen molar-refractivity contribution >= 4 is 31.7 Å². The first-order valence-electron chi connectivity index (χ1n) is 16.5. The molecule has 0 bridgehead atoms. The summed E-state index contributed by atoms with van der Waals surface area (Å²) in [5, 5.41) is 5.43. The Bertz CT molecular complexity index is 864. The van der Waals surface area contributed by atoms with Crippen LogP contribution in [0, 0.1) is 17.8 Å². The molecule has 45 heavy (non-hydrogen) atoms. The second-order valence-corrected chi connectivity index (χ2v) is 18.8. The topological polar surface area (TPSA) is 151 Å². The van der Waals surface area contributed by atoms with E-state index in [1.807, 2.05) is 41.5 Å². The molecule has 0 spiro atoms. The average molecular weight is 689 g/mol. The van der Waals surface area contributed by atoms with Crippen LogP contribution >= 0.6 is 0 Å². The zero-order valence-corrected chi connectivity index (χ0v) is 34.4. The van der Waals surface area contributed by atoms with Gasteiger partial charge in [0.15, 0.2) is 0 Å². The maximum absolute atomic E-state index is 11.0. The number of sulfonamides is 2. The summed E-state index contributed by atoms with van der Waals surface area (Å²) in [7, 11) is -6.09. The van der Waals surface area contributed by atoms with Gasteiger partial charge < -0.3 is 10.6 Å². The van der Waals surface area contributed by atoms with Crippen molar-refractivity contribution in [1.82, 2.24) is 20.1 Å². The molecule has 10 nitrogen and oxygen atoms in total. The van der Waals surface area contributed by atoms with E-state index in [4.69, 9.17) is 0 Å². The van der Waals surface area contributed by atoms with E-state index in [-0.39, 0.29) is 46.4 Å². The smallest absolute Gasteiger partial charge is 0.222 e. The van der Waals surface area contributed by atoms with Gasteiger partial charge in [0.25, 0.3) is 0 Å². The summed E-state index contributed by atoms with van der Waals surface area (Å²) in [5.74, 6) is 1.34. The summed E-state index contributed by atoms with van der Waals surface area (Å²) in [5.41, 5.74) is 0. The van der Waals surface area contributed by atoms with Crippen molar-refractivity contribution < 1.29 is 26.4 Å². The van der Waals surface area contributed by atoms with Gasteiger partial charge in [-0.3, -0.25) is 9.59 Å². The van der Waals surface area contributed by atoms with E-state index < -0.39 is 20.0 Å². The van der Waals surface area contributed by atoms with E-state index in [1.165, 1.54) is 0 Å². The molecule has 0 atom stereocenters. The van der Waals surface area contributed by atoms with Gasteiger partial charge in [0.05, 0.1) is 10.5 Å². The molecule has 1 amide bonds. The number of Topliss-reactive ketones (excluding diaryl/α,β-unsaturated/α-hetero) is 1. The van der Waals surface area contributed by atoms with E-state index >= 15 is 0 Å². The second kappa shape index (κ2) is 28.0. The Morgan fingerprint density at radius 3 is 0.844 bits per heavy atom. The summed E-state index contributed by atoms with van der Waals surface area (Å²) in [4.78, 5) is 21.8. The number of hydrogen-bond acceptors (Lipinski definition) is 7. The molecular formula is C33H76N4O6S2. The van der Waals surface area contributed by atoms with E-state index in [9.17, 15) is 26.4 Å². The van der Waals surface area contributed by atoms with Gasteiger partial charge in [-0.25, -0.2) is 26.3 Å². The van der Waals surface area contributed by atoms with Gasteiger partial charge in [0.1, 0.15) is 5.78 Å². The first-order valence-corrected chi connectivity index (χ1v) is 19.6. The Morgan fingerprint density at radius 1 is 0.467 bits per heavy atom. The van der Waals surface area contributed by atoms with Crippen LogP contribution in [0.3, 0.4) is 0 Å². The quantitative estimate of drug-likeness (QED) is 0.178.